The van der Waals surface area contributed by atoms with Crippen LogP contribution in [0.5, 0.6) is 11.5 Å². The Morgan fingerprint density at radius 3 is 2.43 bits per heavy atom. The topological polar surface area (TPSA) is 68.3 Å². The molecular formula is C28H33F3N4O2. The van der Waals surface area contributed by atoms with Crippen LogP contribution in [0.1, 0.15) is 63.9 Å². The van der Waals surface area contributed by atoms with Crippen molar-refractivity contribution in [2.24, 2.45) is 0 Å². The van der Waals surface area contributed by atoms with Crippen LogP contribution in [0.2, 0.25) is 0 Å². The van der Waals surface area contributed by atoms with Crippen LogP contribution in [0.25, 0.3) is 0 Å². The van der Waals surface area contributed by atoms with E-state index in [9.17, 15) is 13.2 Å². The second-order valence-electron chi connectivity index (χ2n) is 9.16. The summed E-state index contributed by atoms with van der Waals surface area (Å²) in [5.74, 6) is 0.918. The maximum absolute atomic E-state index is 13.7. The molecule has 6 nitrogen and oxygen atoms in total. The van der Waals surface area contributed by atoms with Crippen LogP contribution in [-0.2, 0) is 6.18 Å². The van der Waals surface area contributed by atoms with E-state index in [2.05, 4.69) is 27.5 Å². The van der Waals surface area contributed by atoms with Crippen molar-refractivity contribution < 1.29 is 22.6 Å². The number of para-hydroxylation sites is 2. The number of ether oxygens (including phenoxy) is 2. The smallest absolute Gasteiger partial charge is 0.421 e. The molecule has 0 saturated heterocycles. The average molecular weight is 515 g/mol. The molecule has 0 unspecified atom stereocenters. The molecule has 0 amide bonds. The quantitative estimate of drug-likeness (QED) is 0.251. The Balaban J connectivity index is 1.49. The Labute approximate surface area is 215 Å². The molecule has 1 aliphatic rings. The number of hydrogen-bond donors (Lipinski definition) is 2. The number of anilines is 4. The highest BCUT2D eigenvalue weighted by Crippen LogP contribution is 2.37. The fraction of sp³-hybridized carbons (Fsp3) is 0.429. The first kappa shape index (κ1) is 26.6. The van der Waals surface area contributed by atoms with Gasteiger partial charge in [0.1, 0.15) is 22.9 Å². The molecule has 1 fully saturated rings. The number of nitrogens with zero attached hydrogens (tertiary/aromatic N) is 2. The summed E-state index contributed by atoms with van der Waals surface area (Å²) in [4.78, 5) is 8.06. The van der Waals surface area contributed by atoms with E-state index < -0.39 is 11.7 Å². The normalized spacial score (nSPS) is 14.3. The lowest BCUT2D eigenvalue weighted by molar-refractivity contribution is -0.137. The van der Waals surface area contributed by atoms with E-state index in [0.29, 0.717) is 23.7 Å². The summed E-state index contributed by atoms with van der Waals surface area (Å²) >= 11 is 0. The number of aromatic nitrogens is 2. The largest absolute Gasteiger partial charge is 0.491 e. The number of unbranched alkanes of at least 4 members (excludes halogenated alkanes) is 2. The lowest BCUT2D eigenvalue weighted by Gasteiger charge is -2.23. The molecule has 37 heavy (non-hydrogen) atoms. The second-order valence-corrected chi connectivity index (χ2v) is 9.16. The minimum absolute atomic E-state index is 0.0396. The van der Waals surface area contributed by atoms with Crippen molar-refractivity contribution in [2.75, 3.05) is 17.2 Å². The van der Waals surface area contributed by atoms with Gasteiger partial charge in [-0.25, -0.2) is 4.98 Å². The van der Waals surface area contributed by atoms with Crippen molar-refractivity contribution in [3.05, 3.63) is 60.3 Å². The highest BCUT2D eigenvalue weighted by molar-refractivity contribution is 5.67. The summed E-state index contributed by atoms with van der Waals surface area (Å²) in [7, 11) is 0. The predicted molar refractivity (Wildman–Crippen MR) is 139 cm³/mol. The molecule has 3 aromatic rings. The van der Waals surface area contributed by atoms with Gasteiger partial charge >= 0.3 is 6.18 Å². The molecule has 1 saturated carbocycles. The third-order valence-electron chi connectivity index (χ3n) is 6.21. The number of nitrogens with one attached hydrogen (secondary N) is 2. The first-order chi connectivity index (χ1) is 17.9. The van der Waals surface area contributed by atoms with Crippen molar-refractivity contribution in [2.45, 2.75) is 70.6 Å². The SMILES string of the molecule is CCCCCOc1ccccc1Nc1nc(Nc2ccc(OC3CCCCC3)cc2)ncc1C(F)(F)F. The molecule has 0 atom stereocenters. The zero-order valence-electron chi connectivity index (χ0n) is 21.0. The molecule has 0 bridgehead atoms. The Hall–Kier alpha value is -3.49. The van der Waals surface area contributed by atoms with Crippen molar-refractivity contribution in [3.63, 3.8) is 0 Å². The average Bonchev–Trinajstić information content (AvgIpc) is 2.89. The van der Waals surface area contributed by atoms with E-state index in [4.69, 9.17) is 9.47 Å². The second kappa shape index (κ2) is 12.7. The van der Waals surface area contributed by atoms with Crippen LogP contribution in [0.15, 0.2) is 54.7 Å². The Kier molecular flexibility index (Phi) is 9.09. The molecule has 0 radical (unpaired) electrons. The van der Waals surface area contributed by atoms with Gasteiger partial charge in [0.2, 0.25) is 5.95 Å². The van der Waals surface area contributed by atoms with Crippen LogP contribution in [-0.4, -0.2) is 22.7 Å². The third kappa shape index (κ3) is 7.74. The van der Waals surface area contributed by atoms with E-state index in [0.717, 1.165) is 44.1 Å². The maximum Gasteiger partial charge on any atom is 0.421 e. The van der Waals surface area contributed by atoms with Crippen LogP contribution in [0.4, 0.5) is 36.3 Å². The van der Waals surface area contributed by atoms with Gasteiger partial charge in [0, 0.05) is 11.9 Å². The van der Waals surface area contributed by atoms with Crippen LogP contribution >= 0.6 is 0 Å². The molecule has 0 spiro atoms. The van der Waals surface area contributed by atoms with Crippen molar-refractivity contribution in [1.82, 2.24) is 9.97 Å². The van der Waals surface area contributed by atoms with Gasteiger partial charge in [-0.15, -0.1) is 0 Å². The molecular weight excluding hydrogens is 481 g/mol. The van der Waals surface area contributed by atoms with Crippen LogP contribution in [0.3, 0.4) is 0 Å². The molecule has 0 aliphatic heterocycles. The maximum atomic E-state index is 13.7. The molecule has 2 aromatic carbocycles. The van der Waals surface area contributed by atoms with Gasteiger partial charge in [0.15, 0.2) is 0 Å². The van der Waals surface area contributed by atoms with Gasteiger partial charge in [-0.1, -0.05) is 38.3 Å². The minimum Gasteiger partial charge on any atom is -0.491 e. The monoisotopic (exact) mass is 514 g/mol. The fourth-order valence-corrected chi connectivity index (χ4v) is 4.22. The highest BCUT2D eigenvalue weighted by Gasteiger charge is 2.35. The van der Waals surface area contributed by atoms with Gasteiger partial charge in [-0.2, -0.15) is 18.2 Å². The summed E-state index contributed by atoms with van der Waals surface area (Å²) < 4.78 is 53.1. The Morgan fingerprint density at radius 2 is 1.70 bits per heavy atom. The van der Waals surface area contributed by atoms with Gasteiger partial charge in [0.05, 0.1) is 18.4 Å². The lowest BCUT2D eigenvalue weighted by atomic mass is 9.98. The lowest BCUT2D eigenvalue weighted by Crippen LogP contribution is -2.19. The summed E-state index contributed by atoms with van der Waals surface area (Å²) in [6, 6.07) is 14.2. The number of alkyl halides is 3. The van der Waals surface area contributed by atoms with E-state index in [1.165, 1.54) is 19.3 Å². The summed E-state index contributed by atoms with van der Waals surface area (Å²) in [6.45, 7) is 2.57. The Morgan fingerprint density at radius 1 is 0.946 bits per heavy atom. The number of rotatable bonds is 11. The van der Waals surface area contributed by atoms with E-state index in [-0.39, 0.29) is 17.9 Å². The van der Waals surface area contributed by atoms with Crippen molar-refractivity contribution >= 4 is 23.1 Å². The van der Waals surface area contributed by atoms with Crippen molar-refractivity contribution in [3.8, 4) is 11.5 Å². The zero-order valence-corrected chi connectivity index (χ0v) is 21.0. The third-order valence-corrected chi connectivity index (χ3v) is 6.21. The summed E-state index contributed by atoms with van der Waals surface area (Å²) in [6.07, 6.45) is 5.05. The standard InChI is InChI=1S/C28H33F3N4O2/c1-2-3-9-18-36-25-13-8-7-12-24(25)34-26-23(28(29,30)31)19-32-27(35-26)33-20-14-16-22(17-15-20)37-21-10-5-4-6-11-21/h7-8,12-17,19,21H,2-6,9-11,18H2,1H3,(H2,32,33,34,35). The minimum atomic E-state index is -4.63. The van der Waals surface area contributed by atoms with Crippen LogP contribution in [0, 0.1) is 0 Å². The number of halogens is 3. The zero-order chi connectivity index (χ0) is 26.1. The molecule has 1 aromatic heterocycles. The molecule has 2 N–H and O–H groups in total. The van der Waals surface area contributed by atoms with Crippen LogP contribution < -0.4 is 20.1 Å². The van der Waals surface area contributed by atoms with E-state index in [1.807, 2.05) is 12.1 Å². The molecule has 1 aliphatic carbocycles. The summed E-state index contributed by atoms with van der Waals surface area (Å²) in [5.41, 5.74) is 0.0785. The van der Waals surface area contributed by atoms with Crippen molar-refractivity contribution in [1.29, 1.82) is 0 Å². The van der Waals surface area contributed by atoms with E-state index >= 15 is 0 Å². The number of hydrogen-bond acceptors (Lipinski definition) is 6. The molecule has 9 heteroatoms. The van der Waals surface area contributed by atoms with Gasteiger partial charge < -0.3 is 20.1 Å². The molecule has 198 valence electrons. The fourth-order valence-electron chi connectivity index (χ4n) is 4.22. The van der Waals surface area contributed by atoms with Gasteiger partial charge in [-0.05, 0) is 68.5 Å². The van der Waals surface area contributed by atoms with Gasteiger partial charge in [0.25, 0.3) is 0 Å². The number of benzene rings is 2. The predicted octanol–water partition coefficient (Wildman–Crippen LogP) is 8.26. The first-order valence-corrected chi connectivity index (χ1v) is 12.9. The first-order valence-electron chi connectivity index (χ1n) is 12.9. The Bertz CT molecular complexity index is 1130. The van der Waals surface area contributed by atoms with E-state index in [1.54, 1.807) is 36.4 Å². The highest BCUT2D eigenvalue weighted by atomic mass is 19.4. The van der Waals surface area contributed by atoms with Gasteiger partial charge in [-0.3, -0.25) is 0 Å². The molecule has 4 rings (SSSR count). The molecule has 1 heterocycles. The summed E-state index contributed by atoms with van der Waals surface area (Å²) in [5, 5.41) is 5.80.